The van der Waals surface area contributed by atoms with Crippen LogP contribution in [0.2, 0.25) is 0 Å². The summed E-state index contributed by atoms with van der Waals surface area (Å²) in [6.07, 6.45) is 3.71. The van der Waals surface area contributed by atoms with Crippen molar-refractivity contribution in [3.05, 3.63) is 29.8 Å². The first-order chi connectivity index (χ1) is 9.72. The van der Waals surface area contributed by atoms with Crippen molar-refractivity contribution in [3.8, 4) is 0 Å². The van der Waals surface area contributed by atoms with E-state index < -0.39 is 0 Å². The van der Waals surface area contributed by atoms with Gasteiger partial charge in [-0.25, -0.2) is 0 Å². The molecule has 4 nitrogen and oxygen atoms in total. The minimum Gasteiger partial charge on any atom is -0.329 e. The van der Waals surface area contributed by atoms with Gasteiger partial charge in [0.05, 0.1) is 0 Å². The first-order valence-electron chi connectivity index (χ1n) is 7.41. The van der Waals surface area contributed by atoms with Gasteiger partial charge in [-0.05, 0) is 37.3 Å². The molecule has 2 fully saturated rings. The lowest BCUT2D eigenvalue weighted by Gasteiger charge is -2.43. The summed E-state index contributed by atoms with van der Waals surface area (Å²) in [5.74, 6) is 0.172. The fourth-order valence-electron chi connectivity index (χ4n) is 3.25. The Labute approximate surface area is 119 Å². The van der Waals surface area contributed by atoms with E-state index in [1.807, 2.05) is 24.3 Å². The number of fused-ring (bicyclic) bond motifs is 1. The highest BCUT2D eigenvalue weighted by molar-refractivity contribution is 6.07. The van der Waals surface area contributed by atoms with Crippen molar-refractivity contribution in [3.63, 3.8) is 0 Å². The van der Waals surface area contributed by atoms with Gasteiger partial charge in [0.1, 0.15) is 12.6 Å². The number of carbonyl (C=O) groups is 2. The summed E-state index contributed by atoms with van der Waals surface area (Å²) in [5.41, 5.74) is 2.02. The average Bonchev–Trinajstić information content (AvgIpc) is 2.51. The molecule has 0 N–H and O–H groups in total. The van der Waals surface area contributed by atoms with Crippen molar-refractivity contribution < 1.29 is 9.59 Å². The SMILES string of the molecule is CCc1ccccc1N1CC(=O)N2CCCCC2C1=O. The lowest BCUT2D eigenvalue weighted by Crippen LogP contribution is -2.61. The first-order valence-corrected chi connectivity index (χ1v) is 7.41. The molecule has 2 aliphatic rings. The zero-order valence-electron chi connectivity index (χ0n) is 11.8. The van der Waals surface area contributed by atoms with E-state index >= 15 is 0 Å². The minimum absolute atomic E-state index is 0.0835. The number of nitrogens with zero attached hydrogens (tertiary/aromatic N) is 2. The maximum Gasteiger partial charge on any atom is 0.250 e. The molecule has 2 amide bonds. The third-order valence-electron chi connectivity index (χ3n) is 4.33. The van der Waals surface area contributed by atoms with Gasteiger partial charge in [-0.2, -0.15) is 0 Å². The number of anilines is 1. The van der Waals surface area contributed by atoms with Crippen LogP contribution in [0.1, 0.15) is 31.7 Å². The molecule has 1 aromatic carbocycles. The molecule has 0 spiro atoms. The number of hydrogen-bond donors (Lipinski definition) is 0. The van der Waals surface area contributed by atoms with Crippen LogP contribution in [-0.2, 0) is 16.0 Å². The van der Waals surface area contributed by atoms with E-state index in [9.17, 15) is 9.59 Å². The summed E-state index contributed by atoms with van der Waals surface area (Å²) in [6, 6.07) is 7.64. The van der Waals surface area contributed by atoms with Gasteiger partial charge in [0.15, 0.2) is 0 Å². The molecule has 0 bridgehead atoms. The van der Waals surface area contributed by atoms with Gasteiger partial charge < -0.3 is 9.80 Å². The van der Waals surface area contributed by atoms with Crippen molar-refractivity contribution in [2.75, 3.05) is 18.0 Å². The fourth-order valence-corrected chi connectivity index (χ4v) is 3.25. The lowest BCUT2D eigenvalue weighted by atomic mass is 9.97. The second-order valence-corrected chi connectivity index (χ2v) is 5.51. The molecule has 106 valence electrons. The molecule has 2 aliphatic heterocycles. The maximum atomic E-state index is 12.7. The van der Waals surface area contributed by atoms with E-state index in [1.54, 1.807) is 9.80 Å². The van der Waals surface area contributed by atoms with Gasteiger partial charge in [-0.1, -0.05) is 25.1 Å². The molecule has 1 atom stereocenters. The van der Waals surface area contributed by atoms with Crippen molar-refractivity contribution in [2.45, 2.75) is 38.6 Å². The number of benzene rings is 1. The van der Waals surface area contributed by atoms with Crippen LogP contribution in [0, 0.1) is 0 Å². The number of rotatable bonds is 2. The fraction of sp³-hybridized carbons (Fsp3) is 0.500. The molecule has 0 radical (unpaired) electrons. The number of piperazine rings is 1. The van der Waals surface area contributed by atoms with E-state index in [4.69, 9.17) is 0 Å². The van der Waals surface area contributed by atoms with Crippen molar-refractivity contribution in [2.24, 2.45) is 0 Å². The monoisotopic (exact) mass is 272 g/mol. The maximum absolute atomic E-state index is 12.7. The molecular formula is C16H20N2O2. The van der Waals surface area contributed by atoms with Crippen LogP contribution in [0.3, 0.4) is 0 Å². The Morgan fingerprint density at radius 3 is 2.80 bits per heavy atom. The number of amides is 2. The van der Waals surface area contributed by atoms with E-state index in [0.29, 0.717) is 0 Å². The van der Waals surface area contributed by atoms with Crippen molar-refractivity contribution in [1.29, 1.82) is 0 Å². The van der Waals surface area contributed by atoms with Crippen LogP contribution in [0.25, 0.3) is 0 Å². The number of aryl methyl sites for hydroxylation is 1. The normalized spacial score (nSPS) is 22.9. The molecule has 1 unspecified atom stereocenters. The Bertz CT molecular complexity index is 541. The quantitative estimate of drug-likeness (QED) is 0.826. The van der Waals surface area contributed by atoms with E-state index in [2.05, 4.69) is 6.92 Å². The lowest BCUT2D eigenvalue weighted by molar-refractivity contribution is -0.144. The Morgan fingerprint density at radius 2 is 2.00 bits per heavy atom. The predicted molar refractivity (Wildman–Crippen MR) is 77.5 cm³/mol. The van der Waals surface area contributed by atoms with Crippen LogP contribution < -0.4 is 4.90 Å². The zero-order valence-corrected chi connectivity index (χ0v) is 11.8. The smallest absolute Gasteiger partial charge is 0.250 e. The molecule has 4 heteroatoms. The molecule has 0 aromatic heterocycles. The van der Waals surface area contributed by atoms with Gasteiger partial charge in [-0.15, -0.1) is 0 Å². The van der Waals surface area contributed by atoms with Gasteiger partial charge in [0.2, 0.25) is 11.8 Å². The van der Waals surface area contributed by atoms with E-state index in [-0.39, 0.29) is 24.4 Å². The van der Waals surface area contributed by atoms with Crippen LogP contribution in [0.5, 0.6) is 0 Å². The largest absolute Gasteiger partial charge is 0.329 e. The van der Waals surface area contributed by atoms with Gasteiger partial charge >= 0.3 is 0 Å². The predicted octanol–water partition coefficient (Wildman–Crippen LogP) is 1.98. The van der Waals surface area contributed by atoms with E-state index in [0.717, 1.165) is 43.5 Å². The molecule has 20 heavy (non-hydrogen) atoms. The number of piperidine rings is 1. The Morgan fingerprint density at radius 1 is 1.20 bits per heavy atom. The standard InChI is InChI=1S/C16H20N2O2/c1-2-12-7-3-4-8-13(12)18-11-15(19)17-10-6-5-9-14(17)16(18)20/h3-4,7-8,14H,2,5-6,9-11H2,1H3. The number of hydrogen-bond acceptors (Lipinski definition) is 2. The molecule has 3 rings (SSSR count). The summed E-state index contributed by atoms with van der Waals surface area (Å²) in [5, 5.41) is 0. The highest BCUT2D eigenvalue weighted by Crippen LogP contribution is 2.29. The summed E-state index contributed by atoms with van der Waals surface area (Å²) < 4.78 is 0. The van der Waals surface area contributed by atoms with Crippen LogP contribution in [-0.4, -0.2) is 35.8 Å². The van der Waals surface area contributed by atoms with Gasteiger partial charge in [-0.3, -0.25) is 9.59 Å². The van der Waals surface area contributed by atoms with Gasteiger partial charge in [0, 0.05) is 12.2 Å². The summed E-state index contributed by atoms with van der Waals surface area (Å²) in [6.45, 7) is 2.99. The summed E-state index contributed by atoms with van der Waals surface area (Å²) in [4.78, 5) is 28.5. The molecule has 2 heterocycles. The zero-order chi connectivity index (χ0) is 14.1. The van der Waals surface area contributed by atoms with Crippen LogP contribution >= 0.6 is 0 Å². The number of para-hydroxylation sites is 1. The third-order valence-corrected chi connectivity index (χ3v) is 4.33. The Hall–Kier alpha value is -1.84. The highest BCUT2D eigenvalue weighted by atomic mass is 16.2. The number of carbonyl (C=O) groups excluding carboxylic acids is 2. The second kappa shape index (κ2) is 5.27. The van der Waals surface area contributed by atoms with Gasteiger partial charge in [0.25, 0.3) is 0 Å². The molecule has 0 aliphatic carbocycles. The molecule has 1 aromatic rings. The van der Waals surface area contributed by atoms with Crippen LogP contribution in [0.15, 0.2) is 24.3 Å². The Balaban J connectivity index is 1.94. The van der Waals surface area contributed by atoms with Crippen molar-refractivity contribution in [1.82, 2.24) is 4.90 Å². The summed E-state index contributed by atoms with van der Waals surface area (Å²) in [7, 11) is 0. The van der Waals surface area contributed by atoms with E-state index in [1.165, 1.54) is 0 Å². The minimum atomic E-state index is -0.241. The van der Waals surface area contributed by atoms with Crippen LogP contribution in [0.4, 0.5) is 5.69 Å². The first kappa shape index (κ1) is 13.2. The summed E-state index contributed by atoms with van der Waals surface area (Å²) >= 11 is 0. The van der Waals surface area contributed by atoms with Crippen molar-refractivity contribution >= 4 is 17.5 Å². The molecule has 2 saturated heterocycles. The topological polar surface area (TPSA) is 40.6 Å². The third kappa shape index (κ3) is 2.09. The molecular weight excluding hydrogens is 252 g/mol. The molecule has 0 saturated carbocycles. The highest BCUT2D eigenvalue weighted by Gasteiger charge is 2.41. The Kier molecular flexibility index (Phi) is 3.47. The second-order valence-electron chi connectivity index (χ2n) is 5.51. The average molecular weight is 272 g/mol.